The zero-order valence-corrected chi connectivity index (χ0v) is 17.1. The van der Waals surface area contributed by atoms with Crippen molar-refractivity contribution in [2.45, 2.75) is 6.54 Å². The quantitative estimate of drug-likeness (QED) is 0.681. The second-order valence-corrected chi connectivity index (χ2v) is 7.35. The molecule has 1 aromatic heterocycles. The number of amides is 2. The van der Waals surface area contributed by atoms with E-state index in [1.54, 1.807) is 7.11 Å². The molecule has 30 heavy (non-hydrogen) atoms. The van der Waals surface area contributed by atoms with Gasteiger partial charge in [-0.3, -0.25) is 9.59 Å². The molecule has 1 aliphatic rings. The van der Waals surface area contributed by atoms with Gasteiger partial charge in [0.2, 0.25) is 11.8 Å². The van der Waals surface area contributed by atoms with Gasteiger partial charge in [0, 0.05) is 49.0 Å². The monoisotopic (exact) mass is 406 g/mol. The number of rotatable bonds is 6. The van der Waals surface area contributed by atoms with Crippen LogP contribution in [0.1, 0.15) is 0 Å². The summed E-state index contributed by atoms with van der Waals surface area (Å²) < 4.78 is 7.10. The van der Waals surface area contributed by atoms with E-state index in [1.807, 2.05) is 58.1 Å². The van der Waals surface area contributed by atoms with Crippen molar-refractivity contribution in [1.82, 2.24) is 14.8 Å². The van der Waals surface area contributed by atoms with Crippen LogP contribution in [0, 0.1) is 0 Å². The number of fused-ring (bicyclic) bond motifs is 1. The van der Waals surface area contributed by atoms with E-state index in [4.69, 9.17) is 4.74 Å². The van der Waals surface area contributed by atoms with Crippen LogP contribution in [0.3, 0.4) is 0 Å². The molecule has 1 N–H and O–H groups in total. The zero-order chi connectivity index (χ0) is 20.9. The number of anilines is 1. The molecule has 156 valence electrons. The van der Waals surface area contributed by atoms with Crippen LogP contribution < -0.4 is 15.0 Å². The van der Waals surface area contributed by atoms with Gasteiger partial charge in [0.1, 0.15) is 12.3 Å². The number of ether oxygens (including phenoxy) is 1. The van der Waals surface area contributed by atoms with E-state index in [-0.39, 0.29) is 24.9 Å². The van der Waals surface area contributed by atoms with Crippen molar-refractivity contribution in [2.24, 2.45) is 0 Å². The highest BCUT2D eigenvalue weighted by atomic mass is 16.5. The molecule has 0 spiro atoms. The van der Waals surface area contributed by atoms with E-state index in [0.29, 0.717) is 13.1 Å². The molecule has 0 aliphatic carbocycles. The Balaban J connectivity index is 1.26. The highest BCUT2D eigenvalue weighted by Crippen LogP contribution is 2.21. The molecule has 2 heterocycles. The van der Waals surface area contributed by atoms with Gasteiger partial charge in [0.15, 0.2) is 0 Å². The first-order valence-corrected chi connectivity index (χ1v) is 10.1. The molecule has 0 atom stereocenters. The minimum atomic E-state index is -0.181. The van der Waals surface area contributed by atoms with Crippen molar-refractivity contribution in [2.75, 3.05) is 44.7 Å². The van der Waals surface area contributed by atoms with Gasteiger partial charge in [-0.05, 0) is 36.4 Å². The van der Waals surface area contributed by atoms with E-state index in [2.05, 4.69) is 22.3 Å². The summed E-state index contributed by atoms with van der Waals surface area (Å²) in [5.74, 6) is 0.556. The minimum absolute atomic E-state index is 0.0250. The molecule has 0 unspecified atom stereocenters. The standard InChI is InChI=1S/C23H26N4O3/c1-30-20-7-8-21-18(15-20)9-10-27(21)17-22(28)24-16-23(29)26-13-11-25(12-14-26)19-5-3-2-4-6-19/h2-10,15H,11-14,16-17H2,1H3,(H,24,28). The van der Waals surface area contributed by atoms with Crippen molar-refractivity contribution < 1.29 is 14.3 Å². The Hall–Kier alpha value is -3.48. The number of para-hydroxylation sites is 1. The van der Waals surface area contributed by atoms with Crippen LogP contribution in [0.25, 0.3) is 10.9 Å². The number of nitrogens with zero attached hydrogens (tertiary/aromatic N) is 3. The topological polar surface area (TPSA) is 66.8 Å². The van der Waals surface area contributed by atoms with E-state index in [9.17, 15) is 9.59 Å². The molecular formula is C23H26N4O3. The van der Waals surface area contributed by atoms with Crippen molar-refractivity contribution >= 4 is 28.4 Å². The predicted molar refractivity (Wildman–Crippen MR) is 117 cm³/mol. The molecule has 1 aliphatic heterocycles. The molecule has 0 bridgehead atoms. The minimum Gasteiger partial charge on any atom is -0.497 e. The second-order valence-electron chi connectivity index (χ2n) is 7.35. The van der Waals surface area contributed by atoms with Crippen LogP contribution in [0.4, 0.5) is 5.69 Å². The molecule has 1 fully saturated rings. The SMILES string of the molecule is COc1ccc2c(ccn2CC(=O)NCC(=O)N2CCN(c3ccccc3)CC2)c1. The summed E-state index contributed by atoms with van der Waals surface area (Å²) in [5.41, 5.74) is 2.13. The Morgan fingerprint density at radius 2 is 1.77 bits per heavy atom. The number of benzene rings is 2. The first-order valence-electron chi connectivity index (χ1n) is 10.1. The van der Waals surface area contributed by atoms with Crippen molar-refractivity contribution in [3.63, 3.8) is 0 Å². The number of carbonyl (C=O) groups excluding carboxylic acids is 2. The summed E-state index contributed by atoms with van der Waals surface area (Å²) >= 11 is 0. The fourth-order valence-corrected chi connectivity index (χ4v) is 3.79. The van der Waals surface area contributed by atoms with Gasteiger partial charge >= 0.3 is 0 Å². The summed E-state index contributed by atoms with van der Waals surface area (Å²) in [7, 11) is 1.63. The maximum Gasteiger partial charge on any atom is 0.242 e. The molecular weight excluding hydrogens is 380 g/mol. The Bertz CT molecular complexity index is 1020. The highest BCUT2D eigenvalue weighted by Gasteiger charge is 2.21. The van der Waals surface area contributed by atoms with Crippen molar-refractivity contribution in [3.8, 4) is 5.75 Å². The number of carbonyl (C=O) groups is 2. The first-order chi connectivity index (χ1) is 14.6. The molecule has 3 aromatic rings. The summed E-state index contributed by atoms with van der Waals surface area (Å²) in [6.07, 6.45) is 1.87. The molecule has 7 heteroatoms. The normalized spacial score (nSPS) is 14.0. The van der Waals surface area contributed by atoms with E-state index in [0.717, 1.165) is 29.7 Å². The number of hydrogen-bond donors (Lipinski definition) is 1. The first kappa shape index (κ1) is 19.8. The van der Waals surface area contributed by atoms with Gasteiger partial charge in [-0.1, -0.05) is 18.2 Å². The number of hydrogen-bond acceptors (Lipinski definition) is 4. The number of nitrogens with one attached hydrogen (secondary N) is 1. The van der Waals surface area contributed by atoms with Crippen molar-refractivity contribution in [1.29, 1.82) is 0 Å². The highest BCUT2D eigenvalue weighted by molar-refractivity contribution is 5.87. The lowest BCUT2D eigenvalue weighted by Gasteiger charge is -2.36. The number of aromatic nitrogens is 1. The van der Waals surface area contributed by atoms with Gasteiger partial charge in [-0.15, -0.1) is 0 Å². The van der Waals surface area contributed by atoms with Crippen LogP contribution >= 0.6 is 0 Å². The third-order valence-corrected chi connectivity index (χ3v) is 5.48. The summed E-state index contributed by atoms with van der Waals surface area (Å²) in [6, 6.07) is 17.9. The predicted octanol–water partition coefficient (Wildman–Crippen LogP) is 2.11. The Labute approximate surface area is 175 Å². The molecule has 2 amide bonds. The molecule has 7 nitrogen and oxygen atoms in total. The zero-order valence-electron chi connectivity index (χ0n) is 17.1. The average molecular weight is 406 g/mol. The van der Waals surface area contributed by atoms with Crippen molar-refractivity contribution in [3.05, 3.63) is 60.8 Å². The summed E-state index contributed by atoms with van der Waals surface area (Å²) in [4.78, 5) is 29.0. The fourth-order valence-electron chi connectivity index (χ4n) is 3.79. The van der Waals surface area contributed by atoms with Crippen LogP contribution in [0.5, 0.6) is 5.75 Å². The van der Waals surface area contributed by atoms with Crippen LogP contribution in [0.2, 0.25) is 0 Å². The van der Waals surface area contributed by atoms with E-state index in [1.165, 1.54) is 5.69 Å². The van der Waals surface area contributed by atoms with E-state index < -0.39 is 0 Å². The molecule has 1 saturated heterocycles. The summed E-state index contributed by atoms with van der Waals surface area (Å²) in [5, 5.41) is 3.77. The Kier molecular flexibility index (Phi) is 5.88. The molecule has 4 rings (SSSR count). The van der Waals surface area contributed by atoms with Gasteiger partial charge in [-0.2, -0.15) is 0 Å². The van der Waals surface area contributed by atoms with E-state index >= 15 is 0 Å². The second kappa shape index (κ2) is 8.90. The number of piperazine rings is 1. The smallest absolute Gasteiger partial charge is 0.242 e. The maximum atomic E-state index is 12.5. The molecule has 0 radical (unpaired) electrons. The lowest BCUT2D eigenvalue weighted by atomic mass is 10.2. The van der Waals surface area contributed by atoms with Crippen LogP contribution in [-0.4, -0.2) is 61.1 Å². The molecule has 2 aromatic carbocycles. The van der Waals surface area contributed by atoms with Gasteiger partial charge in [0.25, 0.3) is 0 Å². The summed E-state index contributed by atoms with van der Waals surface area (Å²) in [6.45, 7) is 3.11. The maximum absolute atomic E-state index is 12.5. The van der Waals surface area contributed by atoms with Gasteiger partial charge in [-0.25, -0.2) is 0 Å². The van der Waals surface area contributed by atoms with Gasteiger partial charge < -0.3 is 24.4 Å². The van der Waals surface area contributed by atoms with Crippen LogP contribution in [-0.2, 0) is 16.1 Å². The lowest BCUT2D eigenvalue weighted by Crippen LogP contribution is -2.51. The fraction of sp³-hybridized carbons (Fsp3) is 0.304. The third-order valence-electron chi connectivity index (χ3n) is 5.48. The largest absolute Gasteiger partial charge is 0.497 e. The number of methoxy groups -OCH3 is 1. The van der Waals surface area contributed by atoms with Crippen LogP contribution in [0.15, 0.2) is 60.8 Å². The Morgan fingerprint density at radius 3 is 2.50 bits per heavy atom. The third kappa shape index (κ3) is 4.40. The Morgan fingerprint density at radius 1 is 1.00 bits per heavy atom. The van der Waals surface area contributed by atoms with Gasteiger partial charge in [0.05, 0.1) is 13.7 Å². The molecule has 0 saturated carbocycles. The average Bonchev–Trinajstić information content (AvgIpc) is 3.20. The lowest BCUT2D eigenvalue weighted by molar-refractivity contribution is -0.133.